The van der Waals surface area contributed by atoms with Gasteiger partial charge in [-0.05, 0) is 50.5 Å². The SMILES string of the molecule is C=CC1CC[C@@H](NC(=C=C/C=C(\N)OCC2CCCC(Cl)C(C)C2F)CC)C1. The molecule has 5 unspecified atom stereocenters. The maximum absolute atomic E-state index is 14.6. The Bertz CT molecular complexity index is 599. The van der Waals surface area contributed by atoms with Gasteiger partial charge in [0, 0.05) is 29.3 Å². The van der Waals surface area contributed by atoms with Gasteiger partial charge in [0.25, 0.3) is 0 Å². The zero-order chi connectivity index (χ0) is 20.5. The summed E-state index contributed by atoms with van der Waals surface area (Å²) in [4.78, 5) is 0. The fourth-order valence-corrected chi connectivity index (χ4v) is 4.42. The molecule has 2 aliphatic rings. The van der Waals surface area contributed by atoms with Crippen molar-refractivity contribution in [2.45, 2.75) is 76.4 Å². The van der Waals surface area contributed by atoms with E-state index in [9.17, 15) is 4.39 Å². The van der Waals surface area contributed by atoms with Crippen molar-refractivity contribution in [1.29, 1.82) is 0 Å². The van der Waals surface area contributed by atoms with Crippen LogP contribution in [0.15, 0.2) is 42.1 Å². The van der Waals surface area contributed by atoms with Crippen LogP contribution in [0.2, 0.25) is 0 Å². The Morgan fingerprint density at radius 1 is 1.36 bits per heavy atom. The van der Waals surface area contributed by atoms with Gasteiger partial charge in [0.05, 0.1) is 12.3 Å². The Hall–Kier alpha value is -1.38. The van der Waals surface area contributed by atoms with Crippen molar-refractivity contribution in [2.24, 2.45) is 23.5 Å². The van der Waals surface area contributed by atoms with Gasteiger partial charge in [-0.1, -0.05) is 32.1 Å². The summed E-state index contributed by atoms with van der Waals surface area (Å²) < 4.78 is 20.2. The molecule has 0 aromatic carbocycles. The Labute approximate surface area is 174 Å². The van der Waals surface area contributed by atoms with Gasteiger partial charge >= 0.3 is 0 Å². The maximum atomic E-state index is 14.6. The molecule has 0 heterocycles. The Morgan fingerprint density at radius 2 is 2.14 bits per heavy atom. The molecular weight excluding hydrogens is 375 g/mol. The highest BCUT2D eigenvalue weighted by molar-refractivity contribution is 6.20. The molecule has 2 rings (SSSR count). The largest absolute Gasteiger partial charge is 0.479 e. The fourth-order valence-electron chi connectivity index (χ4n) is 4.13. The molecule has 2 aliphatic carbocycles. The van der Waals surface area contributed by atoms with Crippen LogP contribution in [0.1, 0.15) is 58.8 Å². The first-order chi connectivity index (χ1) is 13.4. The van der Waals surface area contributed by atoms with Crippen LogP contribution in [0.3, 0.4) is 0 Å². The molecule has 3 nitrogen and oxygen atoms in total. The number of ether oxygens (including phenoxy) is 1. The zero-order valence-electron chi connectivity index (χ0n) is 17.3. The molecule has 3 N–H and O–H groups in total. The van der Waals surface area contributed by atoms with E-state index in [4.69, 9.17) is 22.1 Å². The summed E-state index contributed by atoms with van der Waals surface area (Å²) in [5.41, 5.74) is 10.3. The molecule has 0 saturated heterocycles. The predicted molar refractivity (Wildman–Crippen MR) is 116 cm³/mol. The number of alkyl halides is 2. The molecule has 0 bridgehead atoms. The first-order valence-electron chi connectivity index (χ1n) is 10.7. The molecule has 0 aromatic rings. The van der Waals surface area contributed by atoms with E-state index in [0.717, 1.165) is 44.2 Å². The number of nitrogens with one attached hydrogen (secondary N) is 1. The third-order valence-electron chi connectivity index (χ3n) is 6.09. The van der Waals surface area contributed by atoms with Gasteiger partial charge in [0.2, 0.25) is 0 Å². The highest BCUT2D eigenvalue weighted by Crippen LogP contribution is 2.33. The molecule has 6 atom stereocenters. The van der Waals surface area contributed by atoms with Gasteiger partial charge in [-0.2, -0.15) is 0 Å². The number of hydrogen-bond acceptors (Lipinski definition) is 3. The topological polar surface area (TPSA) is 47.3 Å². The molecule has 0 spiro atoms. The molecular formula is C23H36ClFN2O. The molecule has 5 heteroatoms. The Morgan fingerprint density at radius 3 is 2.82 bits per heavy atom. The van der Waals surface area contributed by atoms with Crippen molar-refractivity contribution in [3.8, 4) is 0 Å². The van der Waals surface area contributed by atoms with E-state index in [1.165, 1.54) is 6.42 Å². The second-order valence-corrected chi connectivity index (χ2v) is 8.74. The van der Waals surface area contributed by atoms with E-state index in [0.29, 0.717) is 24.4 Å². The summed E-state index contributed by atoms with van der Waals surface area (Å²) in [6.45, 7) is 8.17. The average molecular weight is 411 g/mol. The monoisotopic (exact) mass is 410 g/mol. The Kier molecular flexibility index (Phi) is 9.47. The van der Waals surface area contributed by atoms with Crippen LogP contribution in [-0.2, 0) is 4.74 Å². The van der Waals surface area contributed by atoms with Gasteiger partial charge < -0.3 is 15.8 Å². The minimum Gasteiger partial charge on any atom is -0.479 e. The highest BCUT2D eigenvalue weighted by atomic mass is 35.5. The molecule has 28 heavy (non-hydrogen) atoms. The van der Waals surface area contributed by atoms with E-state index in [2.05, 4.69) is 30.6 Å². The summed E-state index contributed by atoms with van der Waals surface area (Å²) in [5.74, 6) is 0.601. The lowest BCUT2D eigenvalue weighted by Crippen LogP contribution is -2.29. The number of halogens is 2. The highest BCUT2D eigenvalue weighted by Gasteiger charge is 2.34. The third kappa shape index (κ3) is 6.90. The van der Waals surface area contributed by atoms with Crippen molar-refractivity contribution >= 4 is 11.6 Å². The van der Waals surface area contributed by atoms with Gasteiger partial charge in [-0.3, -0.25) is 0 Å². The second kappa shape index (κ2) is 11.6. The van der Waals surface area contributed by atoms with E-state index in [1.54, 1.807) is 12.2 Å². The maximum Gasteiger partial charge on any atom is 0.184 e. The van der Waals surface area contributed by atoms with Crippen LogP contribution in [-0.4, -0.2) is 24.2 Å². The molecule has 2 fully saturated rings. The lowest BCUT2D eigenvalue weighted by atomic mass is 9.92. The van der Waals surface area contributed by atoms with Crippen LogP contribution in [0.4, 0.5) is 4.39 Å². The predicted octanol–water partition coefficient (Wildman–Crippen LogP) is 5.58. The van der Waals surface area contributed by atoms with Crippen molar-refractivity contribution in [3.05, 3.63) is 42.1 Å². The van der Waals surface area contributed by atoms with Crippen LogP contribution in [0.5, 0.6) is 0 Å². The summed E-state index contributed by atoms with van der Waals surface area (Å²) in [6, 6.07) is 0.487. The number of nitrogens with two attached hydrogens (primary N) is 1. The van der Waals surface area contributed by atoms with Gasteiger partial charge in [0.1, 0.15) is 6.17 Å². The van der Waals surface area contributed by atoms with Gasteiger partial charge in [-0.25, -0.2) is 4.39 Å². The second-order valence-electron chi connectivity index (χ2n) is 8.18. The quantitative estimate of drug-likeness (QED) is 0.137. The first-order valence-corrected chi connectivity index (χ1v) is 11.1. The molecule has 158 valence electrons. The summed E-state index contributed by atoms with van der Waals surface area (Å²) in [5, 5.41) is 3.47. The van der Waals surface area contributed by atoms with Crippen molar-refractivity contribution in [1.82, 2.24) is 5.32 Å². The summed E-state index contributed by atoms with van der Waals surface area (Å²) >= 11 is 6.24. The number of rotatable bonds is 8. The molecule has 2 saturated carbocycles. The van der Waals surface area contributed by atoms with Gasteiger partial charge in [-0.15, -0.1) is 18.2 Å². The third-order valence-corrected chi connectivity index (χ3v) is 6.70. The average Bonchev–Trinajstić information content (AvgIpc) is 3.11. The molecule has 0 radical (unpaired) electrons. The standard InChI is InChI=1S/C23H36ClFN2O/c1-4-17-12-13-20(14-17)27-19(5-2)9-7-11-22(26)28-15-18-8-6-10-21(24)16(3)23(18)25/h4,7,11,16-18,20-21,23,27H,1,5-6,8,10,12-15,26H2,2-3H3/b22-11+/t9?,16?,17?,18?,20-,21?,23?/m1/s1. The van der Waals surface area contributed by atoms with Crippen molar-refractivity contribution in [3.63, 3.8) is 0 Å². The summed E-state index contributed by atoms with van der Waals surface area (Å²) in [7, 11) is 0. The number of allylic oxidation sites excluding steroid dienone is 3. The first kappa shape index (κ1) is 22.9. The van der Waals surface area contributed by atoms with E-state index in [1.807, 2.05) is 6.92 Å². The van der Waals surface area contributed by atoms with Crippen molar-refractivity contribution in [2.75, 3.05) is 6.61 Å². The van der Waals surface area contributed by atoms with Crippen LogP contribution in [0, 0.1) is 17.8 Å². The smallest absolute Gasteiger partial charge is 0.184 e. The van der Waals surface area contributed by atoms with Crippen LogP contribution in [0.25, 0.3) is 0 Å². The fraction of sp³-hybridized carbons (Fsp3) is 0.696. The zero-order valence-corrected chi connectivity index (χ0v) is 18.1. The van der Waals surface area contributed by atoms with Crippen molar-refractivity contribution < 1.29 is 9.13 Å². The normalized spacial score (nSPS) is 33.5. The van der Waals surface area contributed by atoms with E-state index >= 15 is 0 Å². The molecule has 0 aliphatic heterocycles. The van der Waals surface area contributed by atoms with Crippen LogP contribution < -0.4 is 11.1 Å². The molecule has 0 amide bonds. The minimum absolute atomic E-state index is 0.0949. The Balaban J connectivity index is 1.86. The van der Waals surface area contributed by atoms with Gasteiger partial charge in [0.15, 0.2) is 5.88 Å². The summed E-state index contributed by atoms with van der Waals surface area (Å²) in [6.07, 6.45) is 11.5. The minimum atomic E-state index is -0.949. The van der Waals surface area contributed by atoms with E-state index in [-0.39, 0.29) is 17.2 Å². The lowest BCUT2D eigenvalue weighted by Gasteiger charge is -2.24. The van der Waals surface area contributed by atoms with E-state index < -0.39 is 6.17 Å². The lowest BCUT2D eigenvalue weighted by molar-refractivity contribution is 0.0809. The van der Waals surface area contributed by atoms with Crippen LogP contribution >= 0.6 is 11.6 Å². The molecule has 0 aromatic heterocycles. The number of hydrogen-bond donors (Lipinski definition) is 2.